The average molecular weight is 391 g/mol. The van der Waals surface area contributed by atoms with Crippen molar-refractivity contribution < 1.29 is 14.4 Å². The largest absolute Gasteiger partial charge is 0.309 e. The highest BCUT2D eigenvalue weighted by Crippen LogP contribution is 2.36. The van der Waals surface area contributed by atoms with Gasteiger partial charge in [0, 0.05) is 34.9 Å². The quantitative estimate of drug-likeness (QED) is 0.810. The molecule has 9 heteroatoms. The lowest BCUT2D eigenvalue weighted by Crippen LogP contribution is -2.37. The van der Waals surface area contributed by atoms with E-state index in [0.29, 0.717) is 10.8 Å². The second-order valence-electron chi connectivity index (χ2n) is 6.08. The van der Waals surface area contributed by atoms with Crippen LogP contribution in [-0.2, 0) is 25.9 Å². The molecule has 1 aromatic carbocycles. The first-order chi connectivity index (χ1) is 12.5. The van der Waals surface area contributed by atoms with E-state index in [-0.39, 0.29) is 31.2 Å². The Balaban J connectivity index is 1.61. The van der Waals surface area contributed by atoms with E-state index in [1.54, 1.807) is 28.6 Å². The van der Waals surface area contributed by atoms with Crippen molar-refractivity contribution in [2.24, 2.45) is 0 Å². The Labute approximate surface area is 158 Å². The summed E-state index contributed by atoms with van der Waals surface area (Å²) in [6, 6.07) is 7.15. The molecule has 0 aliphatic carbocycles. The van der Waals surface area contributed by atoms with Gasteiger partial charge in [-0.3, -0.25) is 19.3 Å². The number of nitrogens with zero attached hydrogens (tertiary/aromatic N) is 3. The van der Waals surface area contributed by atoms with Gasteiger partial charge in [0.2, 0.25) is 17.7 Å². The van der Waals surface area contributed by atoms with Crippen LogP contribution in [0, 0.1) is 0 Å². The molecule has 1 fully saturated rings. The molecule has 0 unspecified atom stereocenters. The first-order valence-electron chi connectivity index (χ1n) is 8.10. The third-order valence-corrected chi connectivity index (χ3v) is 5.56. The number of aromatic nitrogens is 2. The van der Waals surface area contributed by atoms with Crippen molar-refractivity contribution in [3.05, 3.63) is 40.5 Å². The smallest absolute Gasteiger partial charge is 0.245 e. The molecule has 1 aromatic heterocycles. The molecule has 3 amide bonds. The number of nitrogens with one attached hydrogen (secondary N) is 1. The number of anilines is 1. The zero-order valence-electron chi connectivity index (χ0n) is 13.7. The molecule has 2 aliphatic rings. The van der Waals surface area contributed by atoms with Crippen molar-refractivity contribution in [3.63, 3.8) is 0 Å². The Morgan fingerprint density at radius 1 is 1.15 bits per heavy atom. The number of likely N-dealkylation sites (tertiary alicyclic amines) is 1. The van der Waals surface area contributed by atoms with Crippen LogP contribution in [0.15, 0.2) is 24.3 Å². The summed E-state index contributed by atoms with van der Waals surface area (Å²) >= 11 is 7.67. The number of benzene rings is 1. The number of imide groups is 1. The highest BCUT2D eigenvalue weighted by molar-refractivity contribution is 7.98. The van der Waals surface area contributed by atoms with E-state index in [9.17, 15) is 14.4 Å². The van der Waals surface area contributed by atoms with Gasteiger partial charge in [-0.1, -0.05) is 11.6 Å². The summed E-state index contributed by atoms with van der Waals surface area (Å²) in [6.07, 6.45) is 0.335. The molecule has 0 bridgehead atoms. The SMILES string of the molecule is O=C(CN1C(=O)CCC1=O)Nc1c2c(nn1-c1ccc(Cl)cc1)CSC2. The number of carbonyl (C=O) groups is 3. The molecular formula is C17H15ClN4O3S. The summed E-state index contributed by atoms with van der Waals surface area (Å²) in [5.41, 5.74) is 2.67. The first kappa shape index (κ1) is 17.1. The Morgan fingerprint density at radius 3 is 2.54 bits per heavy atom. The summed E-state index contributed by atoms with van der Waals surface area (Å²) in [6.45, 7) is -0.272. The molecule has 134 valence electrons. The van der Waals surface area contributed by atoms with Gasteiger partial charge < -0.3 is 5.32 Å². The second-order valence-corrected chi connectivity index (χ2v) is 7.50. The van der Waals surface area contributed by atoms with Crippen LogP contribution in [0.1, 0.15) is 24.1 Å². The monoisotopic (exact) mass is 390 g/mol. The lowest BCUT2D eigenvalue weighted by Gasteiger charge is -2.15. The number of hydrogen-bond acceptors (Lipinski definition) is 5. The maximum Gasteiger partial charge on any atom is 0.245 e. The highest BCUT2D eigenvalue weighted by Gasteiger charge is 2.31. The molecule has 0 saturated carbocycles. The summed E-state index contributed by atoms with van der Waals surface area (Å²) in [4.78, 5) is 36.9. The van der Waals surface area contributed by atoms with Gasteiger partial charge in [0.1, 0.15) is 12.4 Å². The standard InChI is InChI=1S/C17H15ClN4O3S/c18-10-1-3-11(4-2-10)22-17(12-8-26-9-13(12)20-22)19-14(23)7-21-15(24)5-6-16(21)25/h1-4H,5-9H2,(H,19,23). The van der Waals surface area contributed by atoms with Crippen LogP contribution in [0.3, 0.4) is 0 Å². The molecule has 26 heavy (non-hydrogen) atoms. The van der Waals surface area contributed by atoms with Crippen LogP contribution >= 0.6 is 23.4 Å². The summed E-state index contributed by atoms with van der Waals surface area (Å²) in [7, 11) is 0. The topological polar surface area (TPSA) is 84.3 Å². The van der Waals surface area contributed by atoms with Crippen molar-refractivity contribution in [1.82, 2.24) is 14.7 Å². The Kier molecular flexibility index (Phi) is 4.46. The maximum atomic E-state index is 12.5. The number of rotatable bonds is 4. The van der Waals surface area contributed by atoms with Crippen LogP contribution < -0.4 is 5.32 Å². The number of fused-ring (bicyclic) bond motifs is 1. The van der Waals surface area contributed by atoms with Gasteiger partial charge >= 0.3 is 0 Å². The molecule has 4 rings (SSSR count). The zero-order chi connectivity index (χ0) is 18.3. The van der Waals surface area contributed by atoms with Gasteiger partial charge in [0.05, 0.1) is 11.4 Å². The third kappa shape index (κ3) is 3.10. The Bertz CT molecular complexity index is 893. The van der Waals surface area contributed by atoms with Gasteiger partial charge in [-0.25, -0.2) is 4.68 Å². The zero-order valence-corrected chi connectivity index (χ0v) is 15.3. The lowest BCUT2D eigenvalue weighted by atomic mass is 10.2. The van der Waals surface area contributed by atoms with Gasteiger partial charge in [-0.2, -0.15) is 16.9 Å². The van der Waals surface area contributed by atoms with E-state index < -0.39 is 5.91 Å². The number of hydrogen-bond donors (Lipinski definition) is 1. The highest BCUT2D eigenvalue weighted by atomic mass is 35.5. The summed E-state index contributed by atoms with van der Waals surface area (Å²) in [5, 5.41) is 8.05. The van der Waals surface area contributed by atoms with Gasteiger partial charge in [0.15, 0.2) is 0 Å². The fraction of sp³-hybridized carbons (Fsp3) is 0.294. The van der Waals surface area contributed by atoms with Crippen LogP contribution in [0.4, 0.5) is 5.82 Å². The van der Waals surface area contributed by atoms with E-state index in [1.165, 1.54) is 0 Å². The van der Waals surface area contributed by atoms with Crippen LogP contribution in [0.5, 0.6) is 0 Å². The fourth-order valence-corrected chi connectivity index (χ4v) is 4.19. The molecule has 0 radical (unpaired) electrons. The number of carbonyl (C=O) groups excluding carboxylic acids is 3. The molecule has 3 heterocycles. The molecule has 1 saturated heterocycles. The lowest BCUT2D eigenvalue weighted by molar-refractivity contribution is -0.141. The predicted octanol–water partition coefficient (Wildman–Crippen LogP) is 2.36. The van der Waals surface area contributed by atoms with Crippen molar-refractivity contribution in [1.29, 1.82) is 0 Å². The van der Waals surface area contributed by atoms with E-state index in [0.717, 1.165) is 33.4 Å². The Morgan fingerprint density at radius 2 is 1.85 bits per heavy atom. The molecule has 2 aromatic rings. The number of halogens is 1. The molecule has 0 atom stereocenters. The second kappa shape index (κ2) is 6.77. The average Bonchev–Trinajstić information content (AvgIpc) is 3.28. The fourth-order valence-electron chi connectivity index (χ4n) is 3.02. The molecule has 7 nitrogen and oxygen atoms in total. The summed E-state index contributed by atoms with van der Waals surface area (Å²) in [5.74, 6) is 1.08. The van der Waals surface area contributed by atoms with Gasteiger partial charge in [0.25, 0.3) is 0 Å². The minimum atomic E-state index is -0.414. The minimum Gasteiger partial charge on any atom is -0.309 e. The Hall–Kier alpha value is -2.32. The van der Waals surface area contributed by atoms with Crippen LogP contribution in [0.25, 0.3) is 5.69 Å². The van der Waals surface area contributed by atoms with E-state index in [4.69, 9.17) is 11.6 Å². The predicted molar refractivity (Wildman–Crippen MR) is 98.2 cm³/mol. The first-order valence-corrected chi connectivity index (χ1v) is 9.63. The summed E-state index contributed by atoms with van der Waals surface area (Å²) < 4.78 is 1.67. The molecule has 2 aliphatic heterocycles. The maximum absolute atomic E-state index is 12.5. The normalized spacial score (nSPS) is 16.3. The van der Waals surface area contributed by atoms with Crippen molar-refractivity contribution in [2.45, 2.75) is 24.3 Å². The van der Waals surface area contributed by atoms with Crippen molar-refractivity contribution in [2.75, 3.05) is 11.9 Å². The van der Waals surface area contributed by atoms with Crippen molar-refractivity contribution in [3.8, 4) is 5.69 Å². The van der Waals surface area contributed by atoms with Crippen LogP contribution in [-0.4, -0.2) is 38.9 Å². The van der Waals surface area contributed by atoms with Gasteiger partial charge in [-0.15, -0.1) is 0 Å². The van der Waals surface area contributed by atoms with E-state index in [1.807, 2.05) is 12.1 Å². The minimum absolute atomic E-state index is 0.168. The van der Waals surface area contributed by atoms with E-state index >= 15 is 0 Å². The number of amides is 3. The van der Waals surface area contributed by atoms with Crippen LogP contribution in [0.2, 0.25) is 5.02 Å². The third-order valence-electron chi connectivity index (χ3n) is 4.34. The van der Waals surface area contributed by atoms with Crippen molar-refractivity contribution >= 4 is 46.9 Å². The molecular weight excluding hydrogens is 376 g/mol. The van der Waals surface area contributed by atoms with E-state index in [2.05, 4.69) is 10.4 Å². The molecule has 1 N–H and O–H groups in total. The molecule has 0 spiro atoms. The van der Waals surface area contributed by atoms with Gasteiger partial charge in [-0.05, 0) is 24.3 Å². The number of thioether (sulfide) groups is 1.